The van der Waals surface area contributed by atoms with Crippen LogP contribution in [0.15, 0.2) is 36.5 Å². The molecule has 0 radical (unpaired) electrons. The van der Waals surface area contributed by atoms with E-state index in [9.17, 15) is 15.0 Å². The van der Waals surface area contributed by atoms with Gasteiger partial charge < -0.3 is 15.5 Å². The topological polar surface area (TPSA) is 69.6 Å². The molecule has 0 fully saturated rings. The Hall–Kier alpha value is -1.39. The first-order valence-electron chi connectivity index (χ1n) is 31.2. The maximum atomic E-state index is 12.5. The molecule has 0 saturated heterocycles. The van der Waals surface area contributed by atoms with Gasteiger partial charge in [-0.1, -0.05) is 326 Å². The number of aliphatic hydroxyl groups excluding tert-OH is 2. The highest BCUT2D eigenvalue weighted by Gasteiger charge is 2.18. The molecule has 1 amide bonds. The molecule has 2 atom stereocenters. The second-order valence-electron chi connectivity index (χ2n) is 21.5. The highest BCUT2D eigenvalue weighted by atomic mass is 16.3. The SMILES string of the molecule is CCCCCCC/C=C\C/C=C\CCCCCCCCCCCCCCCCCCCCCCCCCC(=O)NC(CO)C(O)/C=C/CCCCCCCCCCCCCCCCCCCCC. The predicted octanol–water partition coefficient (Wildman–Crippen LogP) is 20.8. The van der Waals surface area contributed by atoms with Gasteiger partial charge in [0.1, 0.15) is 0 Å². The summed E-state index contributed by atoms with van der Waals surface area (Å²) in [5, 5.41) is 23.2. The molecule has 0 aliphatic carbocycles. The number of nitrogens with one attached hydrogen (secondary N) is 1. The fourth-order valence-corrected chi connectivity index (χ4v) is 9.86. The van der Waals surface area contributed by atoms with Crippen molar-refractivity contribution in [3.05, 3.63) is 36.5 Å². The highest BCUT2D eigenvalue weighted by molar-refractivity contribution is 5.76. The van der Waals surface area contributed by atoms with Crippen molar-refractivity contribution in [2.24, 2.45) is 0 Å². The van der Waals surface area contributed by atoms with E-state index < -0.39 is 12.1 Å². The van der Waals surface area contributed by atoms with Crippen LogP contribution in [0.4, 0.5) is 0 Å². The van der Waals surface area contributed by atoms with Crippen LogP contribution in [0.3, 0.4) is 0 Å². The summed E-state index contributed by atoms with van der Waals surface area (Å²) in [5.74, 6) is -0.0567. The highest BCUT2D eigenvalue weighted by Crippen LogP contribution is 2.18. The molecule has 3 N–H and O–H groups in total. The molecule has 0 aromatic rings. The minimum atomic E-state index is -0.838. The van der Waals surface area contributed by atoms with Crippen molar-refractivity contribution in [3.8, 4) is 0 Å². The lowest BCUT2D eigenvalue weighted by Crippen LogP contribution is -2.45. The van der Waals surface area contributed by atoms with Gasteiger partial charge in [0.15, 0.2) is 0 Å². The summed E-state index contributed by atoms with van der Waals surface area (Å²) in [6.07, 6.45) is 82.0. The number of unbranched alkanes of at least 4 members (excludes halogenated alkanes) is 47. The zero-order valence-electron chi connectivity index (χ0n) is 46.4. The maximum absolute atomic E-state index is 12.5. The van der Waals surface area contributed by atoms with Crippen molar-refractivity contribution < 1.29 is 15.0 Å². The molecule has 0 aliphatic rings. The van der Waals surface area contributed by atoms with Gasteiger partial charge in [-0.25, -0.2) is 0 Å². The molecule has 2 unspecified atom stereocenters. The number of aliphatic hydroxyl groups is 2. The summed E-state index contributed by atoms with van der Waals surface area (Å²) in [5.41, 5.74) is 0. The Morgan fingerprint density at radius 1 is 0.353 bits per heavy atom. The fourth-order valence-electron chi connectivity index (χ4n) is 9.86. The van der Waals surface area contributed by atoms with Gasteiger partial charge in [-0.05, 0) is 51.4 Å². The third kappa shape index (κ3) is 55.5. The molecule has 0 aromatic heterocycles. The molecule has 0 spiro atoms. The van der Waals surface area contributed by atoms with Crippen LogP contribution in [0, 0.1) is 0 Å². The third-order valence-corrected chi connectivity index (χ3v) is 14.6. The number of hydrogen-bond donors (Lipinski definition) is 3. The Bertz CT molecular complexity index is 1040. The van der Waals surface area contributed by atoms with Crippen LogP contribution < -0.4 is 5.32 Å². The number of allylic oxidation sites excluding steroid dienone is 5. The smallest absolute Gasteiger partial charge is 0.220 e. The van der Waals surface area contributed by atoms with Crippen LogP contribution in [0.1, 0.15) is 348 Å². The van der Waals surface area contributed by atoms with Gasteiger partial charge in [-0.15, -0.1) is 0 Å². The molecule has 0 bridgehead atoms. The Balaban J connectivity index is 3.42. The first-order valence-corrected chi connectivity index (χ1v) is 31.2. The normalized spacial score (nSPS) is 12.9. The number of carbonyl (C=O) groups is 1. The van der Waals surface area contributed by atoms with E-state index in [1.807, 2.05) is 6.08 Å². The first-order chi connectivity index (χ1) is 33.7. The Morgan fingerprint density at radius 3 is 0.882 bits per heavy atom. The molecule has 4 nitrogen and oxygen atoms in total. The average molecular weight is 955 g/mol. The van der Waals surface area contributed by atoms with Gasteiger partial charge >= 0.3 is 0 Å². The minimum absolute atomic E-state index is 0.0567. The largest absolute Gasteiger partial charge is 0.394 e. The molecule has 0 heterocycles. The number of carbonyl (C=O) groups excluding carboxylic acids is 1. The van der Waals surface area contributed by atoms with E-state index in [4.69, 9.17) is 0 Å². The second kappa shape index (κ2) is 59.9. The minimum Gasteiger partial charge on any atom is -0.394 e. The number of hydrogen-bond acceptors (Lipinski definition) is 3. The summed E-state index contributed by atoms with van der Waals surface area (Å²) in [6.45, 7) is 4.34. The Morgan fingerprint density at radius 2 is 0.603 bits per heavy atom. The summed E-state index contributed by atoms with van der Waals surface area (Å²) in [7, 11) is 0. The van der Waals surface area contributed by atoms with Gasteiger partial charge in [0.2, 0.25) is 5.91 Å². The lowest BCUT2D eigenvalue weighted by Gasteiger charge is -2.20. The summed E-state index contributed by atoms with van der Waals surface area (Å²) in [6, 6.07) is -0.621. The molecule has 402 valence electrons. The predicted molar refractivity (Wildman–Crippen MR) is 304 cm³/mol. The van der Waals surface area contributed by atoms with E-state index in [0.29, 0.717) is 6.42 Å². The Labute approximate surface area is 427 Å². The van der Waals surface area contributed by atoms with Crippen LogP contribution >= 0.6 is 0 Å². The monoisotopic (exact) mass is 954 g/mol. The van der Waals surface area contributed by atoms with Gasteiger partial charge in [0, 0.05) is 6.42 Å². The van der Waals surface area contributed by atoms with Crippen LogP contribution in [0.25, 0.3) is 0 Å². The third-order valence-electron chi connectivity index (χ3n) is 14.6. The molecule has 68 heavy (non-hydrogen) atoms. The van der Waals surface area contributed by atoms with Gasteiger partial charge in [0.05, 0.1) is 18.8 Å². The number of rotatable bonds is 58. The molecule has 4 heteroatoms. The van der Waals surface area contributed by atoms with E-state index in [-0.39, 0.29) is 12.5 Å². The van der Waals surface area contributed by atoms with Crippen LogP contribution in [-0.4, -0.2) is 34.9 Å². The van der Waals surface area contributed by atoms with Crippen molar-refractivity contribution in [3.63, 3.8) is 0 Å². The lowest BCUT2D eigenvalue weighted by molar-refractivity contribution is -0.123. The zero-order valence-corrected chi connectivity index (χ0v) is 46.4. The maximum Gasteiger partial charge on any atom is 0.220 e. The second-order valence-corrected chi connectivity index (χ2v) is 21.5. The lowest BCUT2D eigenvalue weighted by atomic mass is 10.0. The van der Waals surface area contributed by atoms with E-state index in [2.05, 4.69) is 43.5 Å². The van der Waals surface area contributed by atoms with Crippen molar-refractivity contribution in [1.82, 2.24) is 5.32 Å². The van der Waals surface area contributed by atoms with E-state index in [0.717, 1.165) is 32.1 Å². The van der Waals surface area contributed by atoms with Crippen molar-refractivity contribution in [2.75, 3.05) is 6.61 Å². The molecule has 0 aliphatic heterocycles. The van der Waals surface area contributed by atoms with E-state index in [1.165, 1.54) is 295 Å². The quantitative estimate of drug-likeness (QED) is 0.0420. The summed E-state index contributed by atoms with van der Waals surface area (Å²) >= 11 is 0. The standard InChI is InChI=1S/C64H123NO3/c1-3-5-7-9-11-13-15-17-19-21-23-25-26-27-28-29-30-31-32-33-34-35-36-37-38-40-42-44-46-48-50-52-54-56-58-60-64(68)65-62(61-66)63(67)59-57-55-53-51-49-47-45-43-41-39-24-22-20-18-16-14-12-10-8-6-4-2/h15,17,21,23,57,59,62-63,66-67H,3-14,16,18-20,22,24-56,58,60-61H2,1-2H3,(H,65,68)/b17-15-,23-21-,59-57+. The average Bonchev–Trinajstić information content (AvgIpc) is 3.34. The molecule has 0 saturated carbocycles. The van der Waals surface area contributed by atoms with E-state index in [1.54, 1.807) is 6.08 Å². The van der Waals surface area contributed by atoms with Gasteiger partial charge in [-0.2, -0.15) is 0 Å². The van der Waals surface area contributed by atoms with Gasteiger partial charge in [0.25, 0.3) is 0 Å². The van der Waals surface area contributed by atoms with Crippen LogP contribution in [0.2, 0.25) is 0 Å². The summed E-state index contributed by atoms with van der Waals surface area (Å²) < 4.78 is 0. The van der Waals surface area contributed by atoms with Crippen molar-refractivity contribution in [2.45, 2.75) is 360 Å². The van der Waals surface area contributed by atoms with Crippen molar-refractivity contribution in [1.29, 1.82) is 0 Å². The zero-order chi connectivity index (χ0) is 49.2. The molecule has 0 rings (SSSR count). The van der Waals surface area contributed by atoms with E-state index >= 15 is 0 Å². The Kier molecular flexibility index (Phi) is 58.7. The fraction of sp³-hybridized carbons (Fsp3) is 0.891. The van der Waals surface area contributed by atoms with Gasteiger partial charge in [-0.3, -0.25) is 4.79 Å². The molecular weight excluding hydrogens is 831 g/mol. The number of amides is 1. The summed E-state index contributed by atoms with van der Waals surface area (Å²) in [4.78, 5) is 12.5. The molecular formula is C64H123NO3. The van der Waals surface area contributed by atoms with Crippen molar-refractivity contribution >= 4 is 5.91 Å². The molecule has 0 aromatic carbocycles. The first kappa shape index (κ1) is 66.6. The van der Waals surface area contributed by atoms with Crippen LogP contribution in [-0.2, 0) is 4.79 Å². The van der Waals surface area contributed by atoms with Crippen LogP contribution in [0.5, 0.6) is 0 Å².